The maximum absolute atomic E-state index is 12.8. The molecule has 0 spiro atoms. The summed E-state index contributed by atoms with van der Waals surface area (Å²) in [5.74, 6) is 0.115. The van der Waals surface area contributed by atoms with Crippen molar-refractivity contribution in [2.24, 2.45) is 0 Å². The molecule has 1 atom stereocenters. The normalized spacial score (nSPS) is 19.1. The molecule has 31 heavy (non-hydrogen) atoms. The zero-order chi connectivity index (χ0) is 21.5. The highest BCUT2D eigenvalue weighted by molar-refractivity contribution is 6.31. The van der Waals surface area contributed by atoms with Gasteiger partial charge in [-0.1, -0.05) is 29.8 Å². The lowest BCUT2D eigenvalue weighted by Gasteiger charge is -2.32. The molecule has 0 saturated heterocycles. The number of rotatable bonds is 4. The highest BCUT2D eigenvalue weighted by Gasteiger charge is 2.43. The van der Waals surface area contributed by atoms with E-state index in [1.54, 1.807) is 42.5 Å². The Labute approximate surface area is 181 Å². The third kappa shape index (κ3) is 3.42. The molecule has 10 heteroatoms. The Bertz CT molecular complexity index is 1150. The number of hydrogen-bond donors (Lipinski definition) is 2. The number of anilines is 1. The molecule has 0 aromatic heterocycles. The Morgan fingerprint density at radius 1 is 1.13 bits per heavy atom. The number of carbonyl (C=O) groups is 3. The van der Waals surface area contributed by atoms with Crippen LogP contribution in [-0.4, -0.2) is 42.8 Å². The predicted molar refractivity (Wildman–Crippen MR) is 109 cm³/mol. The molecule has 3 amide bonds. The Morgan fingerprint density at radius 3 is 2.77 bits per heavy atom. The minimum absolute atomic E-state index is 0.0974. The van der Waals surface area contributed by atoms with Crippen molar-refractivity contribution < 1.29 is 28.6 Å². The Morgan fingerprint density at radius 2 is 1.94 bits per heavy atom. The van der Waals surface area contributed by atoms with Gasteiger partial charge in [-0.05, 0) is 23.8 Å². The minimum atomic E-state index is -0.751. The molecule has 2 N–H and O–H groups in total. The number of nitrogens with zero attached hydrogens (tertiary/aromatic N) is 1. The van der Waals surface area contributed by atoms with E-state index >= 15 is 0 Å². The Balaban J connectivity index is 1.39. The fourth-order valence-corrected chi connectivity index (χ4v) is 3.98. The van der Waals surface area contributed by atoms with Crippen molar-refractivity contribution in [2.75, 3.05) is 25.3 Å². The number of cyclic esters (lactones) is 1. The fourth-order valence-electron chi connectivity index (χ4n) is 3.74. The van der Waals surface area contributed by atoms with Gasteiger partial charge in [-0.25, -0.2) is 9.59 Å². The molecule has 9 nitrogen and oxygen atoms in total. The van der Waals surface area contributed by atoms with Crippen LogP contribution in [0.5, 0.6) is 11.5 Å². The first-order chi connectivity index (χ1) is 15.0. The average molecular weight is 442 g/mol. The van der Waals surface area contributed by atoms with Crippen LogP contribution in [0.3, 0.4) is 0 Å². The van der Waals surface area contributed by atoms with Gasteiger partial charge in [-0.2, -0.15) is 0 Å². The number of esters is 1. The third-order valence-electron chi connectivity index (χ3n) is 5.17. The van der Waals surface area contributed by atoms with Crippen LogP contribution in [-0.2, 0) is 14.3 Å². The van der Waals surface area contributed by atoms with Crippen LogP contribution in [0, 0.1) is 0 Å². The number of halogens is 1. The second-order valence-corrected chi connectivity index (χ2v) is 7.45. The van der Waals surface area contributed by atoms with Gasteiger partial charge < -0.3 is 24.8 Å². The molecule has 3 heterocycles. The number of urea groups is 1. The summed E-state index contributed by atoms with van der Waals surface area (Å²) in [6.07, 6.45) is 0. The van der Waals surface area contributed by atoms with E-state index in [-0.39, 0.29) is 25.5 Å². The van der Waals surface area contributed by atoms with Gasteiger partial charge in [0, 0.05) is 16.8 Å². The molecule has 5 rings (SSSR count). The summed E-state index contributed by atoms with van der Waals surface area (Å²) in [7, 11) is 0. The zero-order valence-corrected chi connectivity index (χ0v) is 16.8. The minimum Gasteiger partial charge on any atom is -0.456 e. The van der Waals surface area contributed by atoms with Crippen LogP contribution in [0.1, 0.15) is 11.6 Å². The van der Waals surface area contributed by atoms with E-state index in [0.29, 0.717) is 33.5 Å². The van der Waals surface area contributed by atoms with Crippen molar-refractivity contribution in [2.45, 2.75) is 6.04 Å². The molecule has 0 fully saturated rings. The maximum Gasteiger partial charge on any atom is 0.338 e. The summed E-state index contributed by atoms with van der Waals surface area (Å²) < 4.78 is 15.7. The molecule has 0 aliphatic carbocycles. The number of amides is 3. The third-order valence-corrected chi connectivity index (χ3v) is 5.52. The fraction of sp³-hybridized carbons (Fsp3) is 0.190. The molecule has 0 radical (unpaired) electrons. The summed E-state index contributed by atoms with van der Waals surface area (Å²) in [5.41, 5.74) is 1.69. The molecule has 0 unspecified atom stereocenters. The predicted octanol–water partition coefficient (Wildman–Crippen LogP) is 2.58. The highest BCUT2D eigenvalue weighted by Crippen LogP contribution is 2.38. The molecule has 158 valence electrons. The monoisotopic (exact) mass is 441 g/mol. The second kappa shape index (κ2) is 7.51. The summed E-state index contributed by atoms with van der Waals surface area (Å²) >= 11 is 6.27. The van der Waals surface area contributed by atoms with Crippen LogP contribution in [0.4, 0.5) is 10.5 Å². The van der Waals surface area contributed by atoms with Crippen LogP contribution in [0.25, 0.3) is 0 Å². The average Bonchev–Trinajstić information content (AvgIpc) is 3.37. The maximum atomic E-state index is 12.8. The van der Waals surface area contributed by atoms with Crippen LogP contribution >= 0.6 is 11.6 Å². The van der Waals surface area contributed by atoms with Gasteiger partial charge in [-0.3, -0.25) is 9.69 Å². The van der Waals surface area contributed by atoms with Crippen LogP contribution in [0.15, 0.2) is 53.7 Å². The first-order valence-corrected chi connectivity index (χ1v) is 9.81. The number of ether oxygens (including phenoxy) is 3. The van der Waals surface area contributed by atoms with Crippen molar-refractivity contribution in [3.05, 3.63) is 64.3 Å². The van der Waals surface area contributed by atoms with E-state index in [0.717, 1.165) is 0 Å². The van der Waals surface area contributed by atoms with Gasteiger partial charge in [0.05, 0.1) is 17.3 Å². The van der Waals surface area contributed by atoms with Crippen LogP contribution < -0.4 is 20.1 Å². The summed E-state index contributed by atoms with van der Waals surface area (Å²) in [6.45, 7) is -0.275. The van der Waals surface area contributed by atoms with E-state index in [2.05, 4.69) is 10.6 Å². The van der Waals surface area contributed by atoms with Crippen molar-refractivity contribution in [3.63, 3.8) is 0 Å². The standard InChI is InChI=1S/C21H16ClN3O6/c22-13-4-2-1-3-12(13)19-18-14(9-29-20(18)27)25(21(28)24-19)8-17(26)23-11-5-6-15-16(7-11)31-10-30-15/h1-7,19H,8-10H2,(H,23,26)(H,24,28)/t19-/m0/s1. The summed E-state index contributed by atoms with van der Waals surface area (Å²) in [5, 5.41) is 5.88. The SMILES string of the molecule is O=C(CN1C(=O)N[C@@H](c2ccccc2Cl)C2=C1COC2=O)Nc1ccc2c(c1)OCO2. The smallest absolute Gasteiger partial charge is 0.338 e. The molecule has 0 saturated carbocycles. The molecule has 2 aromatic carbocycles. The van der Waals surface area contributed by atoms with Gasteiger partial charge in [-0.15, -0.1) is 0 Å². The molecule has 3 aliphatic rings. The molecule has 0 bridgehead atoms. The quantitative estimate of drug-likeness (QED) is 0.706. The van der Waals surface area contributed by atoms with E-state index in [9.17, 15) is 14.4 Å². The Hall–Kier alpha value is -3.72. The van der Waals surface area contributed by atoms with Gasteiger partial charge in [0.15, 0.2) is 11.5 Å². The second-order valence-electron chi connectivity index (χ2n) is 7.04. The molecular formula is C21H16ClN3O6. The highest BCUT2D eigenvalue weighted by atomic mass is 35.5. The summed E-state index contributed by atoms with van der Waals surface area (Å²) in [4.78, 5) is 39.1. The van der Waals surface area contributed by atoms with Crippen molar-refractivity contribution in [1.29, 1.82) is 0 Å². The first kappa shape index (κ1) is 19.3. The number of carbonyl (C=O) groups excluding carboxylic acids is 3. The van der Waals surface area contributed by atoms with Gasteiger partial charge in [0.1, 0.15) is 13.2 Å². The number of fused-ring (bicyclic) bond motifs is 1. The van der Waals surface area contributed by atoms with E-state index < -0.39 is 23.9 Å². The molecular weight excluding hydrogens is 426 g/mol. The lowest BCUT2D eigenvalue weighted by molar-refractivity contribution is -0.136. The van der Waals surface area contributed by atoms with E-state index in [4.69, 9.17) is 25.8 Å². The topological polar surface area (TPSA) is 106 Å². The Kier molecular flexibility index (Phi) is 4.67. The lowest BCUT2D eigenvalue weighted by atomic mass is 9.95. The van der Waals surface area contributed by atoms with Crippen molar-refractivity contribution in [1.82, 2.24) is 10.2 Å². The largest absolute Gasteiger partial charge is 0.456 e. The van der Waals surface area contributed by atoms with E-state index in [1.807, 2.05) is 0 Å². The van der Waals surface area contributed by atoms with Gasteiger partial charge >= 0.3 is 12.0 Å². The molecule has 3 aliphatic heterocycles. The number of nitrogens with one attached hydrogen (secondary N) is 2. The van der Waals surface area contributed by atoms with Crippen molar-refractivity contribution >= 4 is 35.2 Å². The van der Waals surface area contributed by atoms with Crippen molar-refractivity contribution in [3.8, 4) is 11.5 Å². The zero-order valence-electron chi connectivity index (χ0n) is 16.0. The summed E-state index contributed by atoms with van der Waals surface area (Å²) in [6, 6.07) is 10.6. The molecule has 2 aromatic rings. The lowest BCUT2D eigenvalue weighted by Crippen LogP contribution is -2.49. The van der Waals surface area contributed by atoms with Crippen LogP contribution in [0.2, 0.25) is 5.02 Å². The van der Waals surface area contributed by atoms with E-state index in [1.165, 1.54) is 4.90 Å². The number of hydrogen-bond acceptors (Lipinski definition) is 6. The van der Waals surface area contributed by atoms with Gasteiger partial charge in [0.2, 0.25) is 12.7 Å². The first-order valence-electron chi connectivity index (χ1n) is 9.43. The van der Waals surface area contributed by atoms with Gasteiger partial charge in [0.25, 0.3) is 0 Å². The number of benzene rings is 2.